The van der Waals surface area contributed by atoms with Crippen LogP contribution in [-0.4, -0.2) is 17.3 Å². The SMILES string of the molecule is O=C(CC1Cc2ccccc21)C1CCSC1. The fourth-order valence-corrected chi connectivity index (χ4v) is 4.00. The van der Waals surface area contributed by atoms with Crippen molar-refractivity contribution in [2.75, 3.05) is 11.5 Å². The molecular formula is C14H16OS. The maximum Gasteiger partial charge on any atom is 0.137 e. The molecule has 1 heterocycles. The minimum atomic E-state index is 0.359. The number of hydrogen-bond donors (Lipinski definition) is 0. The van der Waals surface area contributed by atoms with E-state index in [1.807, 2.05) is 11.8 Å². The summed E-state index contributed by atoms with van der Waals surface area (Å²) in [5, 5.41) is 0. The first-order chi connectivity index (χ1) is 7.84. The number of benzene rings is 1. The number of rotatable bonds is 3. The van der Waals surface area contributed by atoms with E-state index < -0.39 is 0 Å². The Bertz CT molecular complexity index is 407. The van der Waals surface area contributed by atoms with Gasteiger partial charge in [-0.1, -0.05) is 24.3 Å². The zero-order valence-electron chi connectivity index (χ0n) is 9.32. The third-order valence-electron chi connectivity index (χ3n) is 3.79. The quantitative estimate of drug-likeness (QED) is 0.797. The molecule has 2 atom stereocenters. The molecule has 2 unspecified atom stereocenters. The standard InChI is InChI=1S/C14H16OS/c15-14(11-5-6-16-9-11)8-12-7-10-3-1-2-4-13(10)12/h1-4,11-12H,5-9H2. The molecule has 0 amide bonds. The summed E-state index contributed by atoms with van der Waals surface area (Å²) >= 11 is 1.93. The average Bonchev–Trinajstić information content (AvgIpc) is 2.79. The molecule has 1 aromatic carbocycles. The Labute approximate surface area is 101 Å². The van der Waals surface area contributed by atoms with E-state index in [1.165, 1.54) is 16.9 Å². The van der Waals surface area contributed by atoms with Gasteiger partial charge in [-0.2, -0.15) is 11.8 Å². The fraction of sp³-hybridized carbons (Fsp3) is 0.500. The molecule has 1 nitrogen and oxygen atoms in total. The molecule has 0 radical (unpaired) electrons. The van der Waals surface area contributed by atoms with Crippen molar-refractivity contribution in [1.82, 2.24) is 0 Å². The van der Waals surface area contributed by atoms with E-state index in [1.54, 1.807) is 0 Å². The van der Waals surface area contributed by atoms with Crippen LogP contribution in [-0.2, 0) is 11.2 Å². The molecule has 84 valence electrons. The molecule has 0 N–H and O–H groups in total. The molecule has 1 aliphatic heterocycles. The first-order valence-electron chi connectivity index (χ1n) is 6.03. The molecule has 1 saturated heterocycles. The highest BCUT2D eigenvalue weighted by molar-refractivity contribution is 7.99. The Balaban J connectivity index is 1.63. The van der Waals surface area contributed by atoms with Crippen molar-refractivity contribution in [3.05, 3.63) is 35.4 Å². The summed E-state index contributed by atoms with van der Waals surface area (Å²) < 4.78 is 0. The minimum Gasteiger partial charge on any atom is -0.299 e. The average molecular weight is 232 g/mol. The summed E-state index contributed by atoms with van der Waals surface area (Å²) in [6.07, 6.45) is 3.00. The predicted octanol–water partition coefficient (Wildman–Crippen LogP) is 3.04. The summed E-state index contributed by atoms with van der Waals surface area (Å²) in [7, 11) is 0. The Kier molecular flexibility index (Phi) is 2.76. The van der Waals surface area contributed by atoms with Crippen molar-refractivity contribution < 1.29 is 4.79 Å². The maximum absolute atomic E-state index is 12.0. The van der Waals surface area contributed by atoms with E-state index in [2.05, 4.69) is 24.3 Å². The van der Waals surface area contributed by atoms with Crippen LogP contribution >= 0.6 is 11.8 Å². The number of carbonyl (C=O) groups excluding carboxylic acids is 1. The van der Waals surface area contributed by atoms with Crippen molar-refractivity contribution in [3.63, 3.8) is 0 Å². The van der Waals surface area contributed by atoms with Gasteiger partial charge in [0.15, 0.2) is 0 Å². The van der Waals surface area contributed by atoms with Gasteiger partial charge in [0, 0.05) is 18.1 Å². The van der Waals surface area contributed by atoms with Crippen LogP contribution in [0.2, 0.25) is 0 Å². The largest absolute Gasteiger partial charge is 0.299 e. The topological polar surface area (TPSA) is 17.1 Å². The lowest BCUT2D eigenvalue weighted by Crippen LogP contribution is -2.23. The number of fused-ring (bicyclic) bond motifs is 1. The second-order valence-corrected chi connectivity index (χ2v) is 5.98. The first-order valence-corrected chi connectivity index (χ1v) is 7.18. The number of hydrogen-bond acceptors (Lipinski definition) is 2. The number of thioether (sulfide) groups is 1. The molecule has 16 heavy (non-hydrogen) atoms. The Morgan fingerprint density at radius 2 is 2.25 bits per heavy atom. The Hall–Kier alpha value is -0.760. The van der Waals surface area contributed by atoms with Gasteiger partial charge in [-0.05, 0) is 35.6 Å². The van der Waals surface area contributed by atoms with Crippen LogP contribution in [0.4, 0.5) is 0 Å². The molecule has 3 rings (SSSR count). The van der Waals surface area contributed by atoms with Crippen molar-refractivity contribution in [3.8, 4) is 0 Å². The van der Waals surface area contributed by atoms with Crippen LogP contribution in [0.3, 0.4) is 0 Å². The molecule has 0 saturated carbocycles. The van der Waals surface area contributed by atoms with Crippen LogP contribution in [0.5, 0.6) is 0 Å². The lowest BCUT2D eigenvalue weighted by atomic mass is 9.74. The van der Waals surface area contributed by atoms with Crippen LogP contribution in [0, 0.1) is 5.92 Å². The number of Topliss-reactive ketones (excluding diaryl/α,β-unsaturated/α-hetero) is 1. The Morgan fingerprint density at radius 3 is 3.00 bits per heavy atom. The summed E-state index contributed by atoms with van der Waals surface area (Å²) in [5.41, 5.74) is 2.86. The van der Waals surface area contributed by atoms with E-state index in [0.717, 1.165) is 25.0 Å². The van der Waals surface area contributed by atoms with Gasteiger partial charge in [-0.15, -0.1) is 0 Å². The van der Waals surface area contributed by atoms with Gasteiger partial charge in [0.05, 0.1) is 0 Å². The van der Waals surface area contributed by atoms with Crippen LogP contribution < -0.4 is 0 Å². The van der Waals surface area contributed by atoms with E-state index in [0.29, 0.717) is 17.6 Å². The molecule has 2 heteroatoms. The van der Waals surface area contributed by atoms with Crippen LogP contribution in [0.25, 0.3) is 0 Å². The maximum atomic E-state index is 12.0. The first kappa shape index (κ1) is 10.4. The smallest absolute Gasteiger partial charge is 0.137 e. The highest BCUT2D eigenvalue weighted by atomic mass is 32.2. The second kappa shape index (κ2) is 4.25. The summed E-state index contributed by atoms with van der Waals surface area (Å²) in [5.74, 6) is 3.63. The van der Waals surface area contributed by atoms with E-state index in [9.17, 15) is 4.79 Å². The van der Waals surface area contributed by atoms with Crippen molar-refractivity contribution in [1.29, 1.82) is 0 Å². The van der Waals surface area contributed by atoms with Crippen LogP contribution in [0.1, 0.15) is 29.9 Å². The van der Waals surface area contributed by atoms with E-state index in [4.69, 9.17) is 0 Å². The van der Waals surface area contributed by atoms with Crippen molar-refractivity contribution in [2.45, 2.75) is 25.2 Å². The molecule has 1 aromatic rings. The molecular weight excluding hydrogens is 216 g/mol. The highest BCUT2D eigenvalue weighted by Gasteiger charge is 2.31. The van der Waals surface area contributed by atoms with Crippen molar-refractivity contribution >= 4 is 17.5 Å². The molecule has 1 fully saturated rings. The molecule has 0 aromatic heterocycles. The zero-order valence-corrected chi connectivity index (χ0v) is 10.1. The number of carbonyl (C=O) groups is 1. The highest BCUT2D eigenvalue weighted by Crippen LogP contribution is 2.39. The second-order valence-electron chi connectivity index (χ2n) is 4.83. The van der Waals surface area contributed by atoms with Gasteiger partial charge >= 0.3 is 0 Å². The normalized spacial score (nSPS) is 27.2. The zero-order chi connectivity index (χ0) is 11.0. The minimum absolute atomic E-state index is 0.359. The van der Waals surface area contributed by atoms with Gasteiger partial charge in [0.2, 0.25) is 0 Å². The summed E-state index contributed by atoms with van der Waals surface area (Å²) in [6.45, 7) is 0. The molecule has 0 bridgehead atoms. The molecule has 0 spiro atoms. The predicted molar refractivity (Wildman–Crippen MR) is 67.9 cm³/mol. The van der Waals surface area contributed by atoms with E-state index >= 15 is 0 Å². The monoisotopic (exact) mass is 232 g/mol. The van der Waals surface area contributed by atoms with Gasteiger partial charge in [-0.3, -0.25) is 4.79 Å². The van der Waals surface area contributed by atoms with Crippen LogP contribution in [0.15, 0.2) is 24.3 Å². The van der Waals surface area contributed by atoms with Crippen molar-refractivity contribution in [2.24, 2.45) is 5.92 Å². The van der Waals surface area contributed by atoms with Gasteiger partial charge in [0.25, 0.3) is 0 Å². The van der Waals surface area contributed by atoms with Gasteiger partial charge < -0.3 is 0 Å². The Morgan fingerprint density at radius 1 is 1.38 bits per heavy atom. The fourth-order valence-electron chi connectivity index (χ4n) is 2.74. The molecule has 2 aliphatic rings. The summed E-state index contributed by atoms with van der Waals surface area (Å²) in [4.78, 5) is 12.0. The number of ketones is 1. The van der Waals surface area contributed by atoms with Gasteiger partial charge in [0.1, 0.15) is 5.78 Å². The summed E-state index contributed by atoms with van der Waals surface area (Å²) in [6, 6.07) is 8.54. The lowest BCUT2D eigenvalue weighted by Gasteiger charge is -2.30. The third-order valence-corrected chi connectivity index (χ3v) is 4.96. The van der Waals surface area contributed by atoms with E-state index in [-0.39, 0.29) is 0 Å². The molecule has 1 aliphatic carbocycles. The lowest BCUT2D eigenvalue weighted by molar-refractivity contribution is -0.122. The van der Waals surface area contributed by atoms with Gasteiger partial charge in [-0.25, -0.2) is 0 Å². The third kappa shape index (κ3) is 1.80.